The third kappa shape index (κ3) is 4.64. The number of amides is 1. The molecule has 2 rings (SSSR count). The monoisotopic (exact) mass is 346 g/mol. The molecule has 2 N–H and O–H groups in total. The molecule has 1 aromatic heterocycles. The van der Waals surface area contributed by atoms with Gasteiger partial charge in [0.15, 0.2) is 0 Å². The van der Waals surface area contributed by atoms with E-state index in [1.807, 2.05) is 17.5 Å². The van der Waals surface area contributed by atoms with Crippen molar-refractivity contribution in [1.29, 1.82) is 0 Å². The first kappa shape index (κ1) is 18.1. The van der Waals surface area contributed by atoms with Crippen molar-refractivity contribution in [3.63, 3.8) is 0 Å². The predicted octanol–water partition coefficient (Wildman–Crippen LogP) is 3.14. The number of hydrogen-bond acceptors (Lipinski definition) is 4. The third-order valence-corrected chi connectivity index (χ3v) is 4.69. The Balaban J connectivity index is 2.02. The van der Waals surface area contributed by atoms with Crippen LogP contribution in [0.4, 0.5) is 0 Å². The van der Waals surface area contributed by atoms with Gasteiger partial charge in [0.05, 0.1) is 12.1 Å². The minimum Gasteiger partial charge on any atom is -0.480 e. The van der Waals surface area contributed by atoms with Gasteiger partial charge in [-0.2, -0.15) is 0 Å². The van der Waals surface area contributed by atoms with Crippen LogP contribution in [-0.2, 0) is 22.4 Å². The SMILES string of the molecule is CCc1ccc(-c2nc(CC(=O)N[C@H](C(=O)O)C(C)C)cs2)cc1. The Labute approximate surface area is 145 Å². The number of carbonyl (C=O) groups excluding carboxylic acids is 1. The number of nitrogens with zero attached hydrogens (tertiary/aromatic N) is 1. The summed E-state index contributed by atoms with van der Waals surface area (Å²) < 4.78 is 0. The fourth-order valence-corrected chi connectivity index (χ4v) is 3.13. The number of carbonyl (C=O) groups is 2. The van der Waals surface area contributed by atoms with E-state index < -0.39 is 12.0 Å². The largest absolute Gasteiger partial charge is 0.480 e. The molecule has 1 aromatic carbocycles. The Morgan fingerprint density at radius 3 is 2.46 bits per heavy atom. The predicted molar refractivity (Wildman–Crippen MR) is 95.0 cm³/mol. The molecule has 1 amide bonds. The smallest absolute Gasteiger partial charge is 0.326 e. The Morgan fingerprint density at radius 2 is 1.92 bits per heavy atom. The Hall–Kier alpha value is -2.21. The summed E-state index contributed by atoms with van der Waals surface area (Å²) in [6, 6.07) is 7.32. The first-order valence-electron chi connectivity index (χ1n) is 7.96. The molecule has 0 aliphatic rings. The highest BCUT2D eigenvalue weighted by atomic mass is 32.1. The van der Waals surface area contributed by atoms with E-state index in [1.54, 1.807) is 13.8 Å². The van der Waals surface area contributed by atoms with Crippen LogP contribution in [0.3, 0.4) is 0 Å². The number of hydrogen-bond donors (Lipinski definition) is 2. The van der Waals surface area contributed by atoms with Crippen LogP contribution in [0.5, 0.6) is 0 Å². The second kappa shape index (κ2) is 8.06. The number of aryl methyl sites for hydroxylation is 1. The van der Waals surface area contributed by atoms with Gasteiger partial charge in [0.1, 0.15) is 11.0 Å². The zero-order chi connectivity index (χ0) is 17.7. The van der Waals surface area contributed by atoms with Crippen molar-refractivity contribution in [3.8, 4) is 10.6 Å². The van der Waals surface area contributed by atoms with Crippen molar-refractivity contribution in [3.05, 3.63) is 40.9 Å². The number of nitrogens with one attached hydrogen (secondary N) is 1. The molecule has 2 aromatic rings. The van der Waals surface area contributed by atoms with Crippen molar-refractivity contribution < 1.29 is 14.7 Å². The molecule has 0 spiro atoms. The molecule has 5 nitrogen and oxygen atoms in total. The maximum absolute atomic E-state index is 12.1. The second-order valence-electron chi connectivity index (χ2n) is 6.00. The number of aliphatic carboxylic acids is 1. The summed E-state index contributed by atoms with van der Waals surface area (Å²) in [5.74, 6) is -1.52. The maximum Gasteiger partial charge on any atom is 0.326 e. The molecule has 1 heterocycles. The minimum atomic E-state index is -1.02. The van der Waals surface area contributed by atoms with Crippen LogP contribution >= 0.6 is 11.3 Å². The molecule has 0 unspecified atom stereocenters. The molecule has 0 saturated carbocycles. The Kier molecular flexibility index (Phi) is 6.09. The second-order valence-corrected chi connectivity index (χ2v) is 6.86. The van der Waals surface area contributed by atoms with Gasteiger partial charge in [-0.3, -0.25) is 4.79 Å². The summed E-state index contributed by atoms with van der Waals surface area (Å²) in [7, 11) is 0. The number of benzene rings is 1. The molecule has 0 saturated heterocycles. The van der Waals surface area contributed by atoms with Crippen molar-refractivity contribution in [2.75, 3.05) is 0 Å². The number of rotatable bonds is 7. The van der Waals surface area contributed by atoms with Crippen molar-refractivity contribution in [2.45, 2.75) is 39.7 Å². The summed E-state index contributed by atoms with van der Waals surface area (Å²) in [4.78, 5) is 27.7. The maximum atomic E-state index is 12.1. The number of carboxylic acid groups (broad SMARTS) is 1. The first-order valence-corrected chi connectivity index (χ1v) is 8.84. The van der Waals surface area contributed by atoms with Crippen LogP contribution in [0.15, 0.2) is 29.6 Å². The molecule has 0 fully saturated rings. The summed E-state index contributed by atoms with van der Waals surface area (Å²) in [5.41, 5.74) is 2.94. The quantitative estimate of drug-likeness (QED) is 0.807. The molecule has 0 radical (unpaired) electrons. The van der Waals surface area contributed by atoms with Crippen LogP contribution in [-0.4, -0.2) is 28.0 Å². The summed E-state index contributed by atoms with van der Waals surface area (Å²) in [5, 5.41) is 14.4. The van der Waals surface area contributed by atoms with Gasteiger partial charge in [0.2, 0.25) is 5.91 Å². The van der Waals surface area contributed by atoms with Crippen molar-refractivity contribution >= 4 is 23.2 Å². The molecule has 6 heteroatoms. The average Bonchev–Trinajstić information content (AvgIpc) is 3.00. The molecule has 24 heavy (non-hydrogen) atoms. The van der Waals surface area contributed by atoms with E-state index in [-0.39, 0.29) is 18.2 Å². The van der Waals surface area contributed by atoms with Gasteiger partial charge in [0.25, 0.3) is 0 Å². The summed E-state index contributed by atoms with van der Waals surface area (Å²) in [6.07, 6.45) is 1.07. The van der Waals surface area contributed by atoms with Gasteiger partial charge < -0.3 is 10.4 Å². The van der Waals surface area contributed by atoms with Crippen molar-refractivity contribution in [1.82, 2.24) is 10.3 Å². The molecule has 0 aliphatic heterocycles. The zero-order valence-corrected chi connectivity index (χ0v) is 14.9. The van der Waals surface area contributed by atoms with E-state index >= 15 is 0 Å². The van der Waals surface area contributed by atoms with Gasteiger partial charge >= 0.3 is 5.97 Å². The molecule has 0 aliphatic carbocycles. The van der Waals surface area contributed by atoms with Crippen LogP contribution in [0.25, 0.3) is 10.6 Å². The first-order chi connectivity index (χ1) is 11.4. The van der Waals surface area contributed by atoms with Crippen LogP contribution in [0, 0.1) is 5.92 Å². The van der Waals surface area contributed by atoms with Gasteiger partial charge in [-0.15, -0.1) is 11.3 Å². The topological polar surface area (TPSA) is 79.3 Å². The normalized spacial score (nSPS) is 12.2. The summed E-state index contributed by atoms with van der Waals surface area (Å²) in [6.45, 7) is 5.64. The number of aromatic nitrogens is 1. The lowest BCUT2D eigenvalue weighted by Crippen LogP contribution is -2.44. The highest BCUT2D eigenvalue weighted by Crippen LogP contribution is 2.24. The van der Waals surface area contributed by atoms with Crippen LogP contribution < -0.4 is 5.32 Å². The third-order valence-electron chi connectivity index (χ3n) is 3.75. The lowest BCUT2D eigenvalue weighted by atomic mass is 10.0. The fourth-order valence-electron chi connectivity index (χ4n) is 2.31. The molecular weight excluding hydrogens is 324 g/mol. The van der Waals surface area contributed by atoms with E-state index in [9.17, 15) is 9.59 Å². The average molecular weight is 346 g/mol. The number of carboxylic acids is 1. The van der Waals surface area contributed by atoms with E-state index in [2.05, 4.69) is 29.4 Å². The van der Waals surface area contributed by atoms with E-state index in [0.717, 1.165) is 17.0 Å². The number of thiazole rings is 1. The van der Waals surface area contributed by atoms with E-state index in [1.165, 1.54) is 16.9 Å². The summed E-state index contributed by atoms with van der Waals surface area (Å²) >= 11 is 1.48. The van der Waals surface area contributed by atoms with Gasteiger partial charge in [-0.05, 0) is 17.9 Å². The van der Waals surface area contributed by atoms with Crippen LogP contribution in [0.1, 0.15) is 32.0 Å². The van der Waals surface area contributed by atoms with Gasteiger partial charge in [0, 0.05) is 10.9 Å². The van der Waals surface area contributed by atoms with Gasteiger partial charge in [-0.1, -0.05) is 45.0 Å². The standard InChI is InChI=1S/C18H22N2O3S/c1-4-12-5-7-13(8-6-12)17-19-14(10-24-17)9-15(21)20-16(11(2)3)18(22)23/h5-8,10-11,16H,4,9H2,1-3H3,(H,20,21)(H,22,23)/t16-/m0/s1. The van der Waals surface area contributed by atoms with Crippen LogP contribution in [0.2, 0.25) is 0 Å². The molecule has 1 atom stereocenters. The Bertz CT molecular complexity index is 707. The van der Waals surface area contributed by atoms with Crippen molar-refractivity contribution in [2.24, 2.45) is 5.92 Å². The lowest BCUT2D eigenvalue weighted by molar-refractivity contribution is -0.143. The highest BCUT2D eigenvalue weighted by molar-refractivity contribution is 7.13. The molecular formula is C18H22N2O3S. The lowest BCUT2D eigenvalue weighted by Gasteiger charge is -2.17. The minimum absolute atomic E-state index is 0.0834. The van der Waals surface area contributed by atoms with E-state index in [0.29, 0.717) is 5.69 Å². The molecule has 0 bridgehead atoms. The Morgan fingerprint density at radius 1 is 1.25 bits per heavy atom. The highest BCUT2D eigenvalue weighted by Gasteiger charge is 2.23. The molecule has 128 valence electrons. The van der Waals surface area contributed by atoms with E-state index in [4.69, 9.17) is 5.11 Å². The van der Waals surface area contributed by atoms with Gasteiger partial charge in [-0.25, -0.2) is 9.78 Å². The fraction of sp³-hybridized carbons (Fsp3) is 0.389. The zero-order valence-electron chi connectivity index (χ0n) is 14.1.